The third-order valence-corrected chi connectivity index (χ3v) is 4.10. The lowest BCUT2D eigenvalue weighted by molar-refractivity contribution is -0.139. The van der Waals surface area contributed by atoms with Crippen molar-refractivity contribution in [1.82, 2.24) is 10.9 Å². The zero-order valence-electron chi connectivity index (χ0n) is 19.8. The Hall–Kier alpha value is -4.08. The summed E-state index contributed by atoms with van der Waals surface area (Å²) < 4.78 is 22.1. The molecule has 0 aliphatic heterocycles. The number of benzene rings is 2. The van der Waals surface area contributed by atoms with Gasteiger partial charge >= 0.3 is 11.8 Å². The molecule has 34 heavy (non-hydrogen) atoms. The fourth-order valence-electron chi connectivity index (χ4n) is 2.73. The van der Waals surface area contributed by atoms with Crippen molar-refractivity contribution in [3.8, 4) is 23.0 Å². The molecule has 2 rings (SSSR count). The molecule has 0 radical (unpaired) electrons. The highest BCUT2D eigenvalue weighted by molar-refractivity contribution is 6.35. The molecule has 0 saturated carbocycles. The number of nitrogens with one attached hydrogen (secondary N) is 2. The molecule has 0 unspecified atom stereocenters. The summed E-state index contributed by atoms with van der Waals surface area (Å²) in [4.78, 5) is 23.9. The number of carbonyl (C=O) groups excluding carboxylic acids is 2. The van der Waals surface area contributed by atoms with Crippen LogP contribution in [0.1, 0.15) is 38.8 Å². The molecule has 0 aliphatic rings. The highest BCUT2D eigenvalue weighted by atomic mass is 16.5. The number of amides is 2. The van der Waals surface area contributed by atoms with E-state index in [2.05, 4.69) is 21.1 Å². The Kier molecular flexibility index (Phi) is 10.9. The largest absolute Gasteiger partial charge is 0.490 e. The van der Waals surface area contributed by atoms with E-state index in [1.54, 1.807) is 36.4 Å². The lowest BCUT2D eigenvalue weighted by Gasteiger charge is -2.11. The van der Waals surface area contributed by atoms with Crippen LogP contribution < -0.4 is 29.8 Å². The Bertz CT molecular complexity index is 941. The second-order valence-electron chi connectivity index (χ2n) is 6.54. The van der Waals surface area contributed by atoms with E-state index in [0.29, 0.717) is 60.6 Å². The van der Waals surface area contributed by atoms with E-state index in [9.17, 15) is 9.59 Å². The van der Waals surface area contributed by atoms with Crippen molar-refractivity contribution in [2.75, 3.05) is 26.4 Å². The number of nitrogens with zero attached hydrogens (tertiary/aromatic N) is 2. The van der Waals surface area contributed by atoms with Gasteiger partial charge in [-0.15, -0.1) is 0 Å². The van der Waals surface area contributed by atoms with Crippen LogP contribution in [0.3, 0.4) is 0 Å². The average molecular weight is 471 g/mol. The smallest absolute Gasteiger partial charge is 0.331 e. The molecule has 10 nitrogen and oxygen atoms in total. The minimum Gasteiger partial charge on any atom is -0.490 e. The molecule has 2 amide bonds. The first-order chi connectivity index (χ1) is 16.5. The summed E-state index contributed by atoms with van der Waals surface area (Å²) in [7, 11) is 0. The lowest BCUT2D eigenvalue weighted by atomic mass is 10.2. The number of hydrogen-bond donors (Lipinski definition) is 2. The number of carbonyl (C=O) groups is 2. The van der Waals surface area contributed by atoms with E-state index in [-0.39, 0.29) is 0 Å². The lowest BCUT2D eigenvalue weighted by Crippen LogP contribution is -2.35. The van der Waals surface area contributed by atoms with Gasteiger partial charge in [-0.1, -0.05) is 0 Å². The fourth-order valence-corrected chi connectivity index (χ4v) is 2.73. The summed E-state index contributed by atoms with van der Waals surface area (Å²) in [5.41, 5.74) is 5.63. The van der Waals surface area contributed by atoms with E-state index >= 15 is 0 Å². The van der Waals surface area contributed by atoms with Crippen LogP contribution in [0, 0.1) is 0 Å². The highest BCUT2D eigenvalue weighted by Crippen LogP contribution is 2.28. The topological polar surface area (TPSA) is 120 Å². The van der Waals surface area contributed by atoms with E-state index in [1.165, 1.54) is 12.4 Å². The van der Waals surface area contributed by atoms with Crippen LogP contribution in [-0.2, 0) is 9.59 Å². The molecule has 0 atom stereocenters. The van der Waals surface area contributed by atoms with Gasteiger partial charge in [0.1, 0.15) is 0 Å². The Balaban J connectivity index is 1.92. The molecule has 182 valence electrons. The van der Waals surface area contributed by atoms with Crippen LogP contribution in [0.2, 0.25) is 0 Å². The predicted molar refractivity (Wildman–Crippen MR) is 129 cm³/mol. The van der Waals surface area contributed by atoms with Gasteiger partial charge in [0, 0.05) is 0 Å². The van der Waals surface area contributed by atoms with E-state index in [4.69, 9.17) is 18.9 Å². The number of hydrogen-bond acceptors (Lipinski definition) is 8. The molecule has 0 aliphatic carbocycles. The Morgan fingerprint density at radius 3 is 1.35 bits per heavy atom. The van der Waals surface area contributed by atoms with Gasteiger partial charge in [0.15, 0.2) is 23.0 Å². The van der Waals surface area contributed by atoms with Crippen molar-refractivity contribution in [3.63, 3.8) is 0 Å². The summed E-state index contributed by atoms with van der Waals surface area (Å²) >= 11 is 0. The van der Waals surface area contributed by atoms with Gasteiger partial charge < -0.3 is 18.9 Å². The van der Waals surface area contributed by atoms with Crippen LogP contribution in [0.25, 0.3) is 0 Å². The predicted octanol–water partition coefficient (Wildman–Crippen LogP) is 2.88. The van der Waals surface area contributed by atoms with Gasteiger partial charge in [-0.25, -0.2) is 10.9 Å². The van der Waals surface area contributed by atoms with E-state index < -0.39 is 11.8 Å². The van der Waals surface area contributed by atoms with Crippen molar-refractivity contribution < 1.29 is 28.5 Å². The molecule has 2 aromatic rings. The van der Waals surface area contributed by atoms with Crippen LogP contribution in [0.5, 0.6) is 23.0 Å². The van der Waals surface area contributed by atoms with Gasteiger partial charge in [0.05, 0.1) is 38.9 Å². The SMILES string of the molecule is CCOc1ccc(/C=N/NC(=O)C(=O)N/N=C/c2ccc(OCC)c(OCC)c2)cc1OCC. The van der Waals surface area contributed by atoms with Crippen LogP contribution >= 0.6 is 0 Å². The van der Waals surface area contributed by atoms with Crippen molar-refractivity contribution in [3.05, 3.63) is 47.5 Å². The van der Waals surface area contributed by atoms with Crippen LogP contribution in [0.15, 0.2) is 46.6 Å². The summed E-state index contributed by atoms with van der Waals surface area (Å²) in [6.45, 7) is 9.46. The molecule has 0 fully saturated rings. The summed E-state index contributed by atoms with van der Waals surface area (Å²) in [5.74, 6) is 0.423. The van der Waals surface area contributed by atoms with Crippen molar-refractivity contribution in [2.45, 2.75) is 27.7 Å². The molecule has 0 bridgehead atoms. The minimum absolute atomic E-state index is 0.474. The molecule has 2 aromatic carbocycles. The summed E-state index contributed by atoms with van der Waals surface area (Å²) in [6.07, 6.45) is 2.78. The minimum atomic E-state index is -0.967. The second-order valence-corrected chi connectivity index (χ2v) is 6.54. The Labute approximate surface area is 198 Å². The number of ether oxygens (including phenoxy) is 4. The molecular weight excluding hydrogens is 440 g/mol. The fraction of sp³-hybridized carbons (Fsp3) is 0.333. The number of hydrazone groups is 2. The van der Waals surface area contributed by atoms with E-state index in [0.717, 1.165) is 0 Å². The first kappa shape index (κ1) is 26.2. The van der Waals surface area contributed by atoms with Gasteiger partial charge in [-0.3, -0.25) is 9.59 Å². The van der Waals surface area contributed by atoms with Crippen LogP contribution in [0.4, 0.5) is 0 Å². The molecule has 10 heteroatoms. The summed E-state index contributed by atoms with van der Waals surface area (Å²) in [6, 6.07) is 10.4. The molecule has 0 heterocycles. The maximum absolute atomic E-state index is 11.9. The van der Waals surface area contributed by atoms with Gasteiger partial charge in [-0.2, -0.15) is 10.2 Å². The first-order valence-corrected chi connectivity index (χ1v) is 11.0. The zero-order chi connectivity index (χ0) is 24.8. The molecular formula is C24H30N4O6. The Morgan fingerprint density at radius 2 is 1.00 bits per heavy atom. The van der Waals surface area contributed by atoms with Crippen molar-refractivity contribution in [2.24, 2.45) is 10.2 Å². The monoisotopic (exact) mass is 470 g/mol. The first-order valence-electron chi connectivity index (χ1n) is 11.0. The van der Waals surface area contributed by atoms with E-state index in [1.807, 2.05) is 27.7 Å². The summed E-state index contributed by atoms with van der Waals surface area (Å²) in [5, 5.41) is 7.60. The second kappa shape index (κ2) is 14.1. The van der Waals surface area contributed by atoms with Gasteiger partial charge in [0.25, 0.3) is 0 Å². The third-order valence-electron chi connectivity index (χ3n) is 4.10. The third kappa shape index (κ3) is 8.12. The zero-order valence-corrected chi connectivity index (χ0v) is 19.8. The maximum atomic E-state index is 11.9. The molecule has 2 N–H and O–H groups in total. The Morgan fingerprint density at radius 1 is 0.647 bits per heavy atom. The average Bonchev–Trinajstić information content (AvgIpc) is 2.82. The number of rotatable bonds is 12. The van der Waals surface area contributed by atoms with Gasteiger partial charge in [0.2, 0.25) is 0 Å². The van der Waals surface area contributed by atoms with Crippen molar-refractivity contribution >= 4 is 24.2 Å². The normalized spacial score (nSPS) is 10.8. The van der Waals surface area contributed by atoms with Gasteiger partial charge in [-0.05, 0) is 75.2 Å². The molecule has 0 aromatic heterocycles. The molecule has 0 saturated heterocycles. The maximum Gasteiger partial charge on any atom is 0.331 e. The van der Waals surface area contributed by atoms with Crippen LogP contribution in [-0.4, -0.2) is 50.7 Å². The quantitative estimate of drug-likeness (QED) is 0.280. The molecule has 0 spiro atoms. The highest BCUT2D eigenvalue weighted by Gasteiger charge is 2.12. The standard InChI is InChI=1S/C24H30N4O6/c1-5-31-19-11-9-17(13-21(19)33-7-3)15-25-27-23(29)24(30)28-26-16-18-10-12-20(32-6-2)22(14-18)34-8-4/h9-16H,5-8H2,1-4H3,(H,27,29)(H,28,30)/b25-15+,26-16+. The van der Waals surface area contributed by atoms with Crippen molar-refractivity contribution in [1.29, 1.82) is 0 Å².